The average molecular weight is 206 g/mol. The summed E-state index contributed by atoms with van der Waals surface area (Å²) >= 11 is 0. The van der Waals surface area contributed by atoms with Crippen molar-refractivity contribution < 1.29 is 4.79 Å². The van der Waals surface area contributed by atoms with E-state index in [1.54, 1.807) is 0 Å². The van der Waals surface area contributed by atoms with E-state index in [4.69, 9.17) is 0 Å². The zero-order valence-corrected chi connectivity index (χ0v) is 10.1. The third-order valence-electron chi connectivity index (χ3n) is 4.28. The number of hydrogen-bond acceptors (Lipinski definition) is 1. The molecule has 0 heterocycles. The Kier molecular flexibility index (Phi) is 2.99. The molecule has 1 nitrogen and oxygen atoms in total. The summed E-state index contributed by atoms with van der Waals surface area (Å²) in [6.45, 7) is 6.80. The molecule has 3 atom stereocenters. The normalized spacial score (nSPS) is 36.4. The molecule has 0 bridgehead atoms. The van der Waals surface area contributed by atoms with Gasteiger partial charge in [0.05, 0.1) is 0 Å². The van der Waals surface area contributed by atoms with E-state index in [9.17, 15) is 4.79 Å². The van der Waals surface area contributed by atoms with Gasteiger partial charge < -0.3 is 0 Å². The summed E-state index contributed by atoms with van der Waals surface area (Å²) in [5.74, 6) is 2.76. The van der Waals surface area contributed by atoms with Crippen molar-refractivity contribution in [2.24, 2.45) is 23.7 Å². The SMILES string of the molecule is CC(C)C1=C[C@@H]2[C@H](CC[C@@H]2C)C(=O)CC1. The fourth-order valence-electron chi connectivity index (χ4n) is 3.14. The third kappa shape index (κ3) is 2.02. The number of allylic oxidation sites excluding steroid dienone is 2. The minimum atomic E-state index is 0.358. The molecular weight excluding hydrogens is 184 g/mol. The van der Waals surface area contributed by atoms with Crippen molar-refractivity contribution in [3.05, 3.63) is 11.6 Å². The number of fused-ring (bicyclic) bond motifs is 1. The van der Waals surface area contributed by atoms with E-state index in [0.29, 0.717) is 29.5 Å². The molecule has 15 heavy (non-hydrogen) atoms. The molecule has 0 radical (unpaired) electrons. The van der Waals surface area contributed by atoms with Crippen LogP contribution in [0, 0.1) is 23.7 Å². The number of ketones is 1. The monoisotopic (exact) mass is 206 g/mol. The maximum Gasteiger partial charge on any atom is 0.136 e. The number of carbonyl (C=O) groups excluding carboxylic acids is 1. The van der Waals surface area contributed by atoms with E-state index in [0.717, 1.165) is 19.3 Å². The van der Waals surface area contributed by atoms with Crippen LogP contribution in [0.5, 0.6) is 0 Å². The van der Waals surface area contributed by atoms with Crippen molar-refractivity contribution in [2.75, 3.05) is 0 Å². The molecule has 0 unspecified atom stereocenters. The van der Waals surface area contributed by atoms with Crippen LogP contribution in [-0.2, 0) is 4.79 Å². The molecular formula is C14H22O. The van der Waals surface area contributed by atoms with Gasteiger partial charge in [-0.05, 0) is 37.0 Å². The van der Waals surface area contributed by atoms with Crippen molar-refractivity contribution in [3.63, 3.8) is 0 Å². The van der Waals surface area contributed by atoms with E-state index in [1.165, 1.54) is 12.0 Å². The van der Waals surface area contributed by atoms with Crippen LogP contribution in [0.25, 0.3) is 0 Å². The minimum absolute atomic E-state index is 0.358. The minimum Gasteiger partial charge on any atom is -0.299 e. The Hall–Kier alpha value is -0.590. The Morgan fingerprint density at radius 3 is 2.67 bits per heavy atom. The summed E-state index contributed by atoms with van der Waals surface area (Å²) < 4.78 is 0. The van der Waals surface area contributed by atoms with Crippen LogP contribution in [0.3, 0.4) is 0 Å². The Labute approximate surface area is 92.9 Å². The van der Waals surface area contributed by atoms with Gasteiger partial charge in [-0.25, -0.2) is 0 Å². The topological polar surface area (TPSA) is 17.1 Å². The smallest absolute Gasteiger partial charge is 0.136 e. The zero-order valence-electron chi connectivity index (χ0n) is 10.1. The molecule has 1 fully saturated rings. The molecule has 2 aliphatic rings. The van der Waals surface area contributed by atoms with Crippen molar-refractivity contribution >= 4 is 5.78 Å². The Balaban J connectivity index is 2.26. The molecule has 0 N–H and O–H groups in total. The molecule has 84 valence electrons. The first-order valence-corrected chi connectivity index (χ1v) is 6.33. The van der Waals surface area contributed by atoms with Crippen molar-refractivity contribution in [1.82, 2.24) is 0 Å². The highest BCUT2D eigenvalue weighted by Gasteiger charge is 2.37. The highest BCUT2D eigenvalue weighted by atomic mass is 16.1. The molecule has 0 aromatic heterocycles. The summed E-state index contributed by atoms with van der Waals surface area (Å²) in [6.07, 6.45) is 6.61. The highest BCUT2D eigenvalue weighted by molar-refractivity contribution is 5.82. The summed E-state index contributed by atoms with van der Waals surface area (Å²) in [5.41, 5.74) is 1.52. The number of rotatable bonds is 1. The molecule has 2 aliphatic carbocycles. The van der Waals surface area contributed by atoms with Crippen molar-refractivity contribution in [3.8, 4) is 0 Å². The molecule has 0 aromatic rings. The maximum atomic E-state index is 12.0. The van der Waals surface area contributed by atoms with E-state index in [1.807, 2.05) is 0 Å². The molecule has 1 saturated carbocycles. The second-order valence-electron chi connectivity index (χ2n) is 5.60. The van der Waals surface area contributed by atoms with Crippen LogP contribution in [0.2, 0.25) is 0 Å². The van der Waals surface area contributed by atoms with Gasteiger partial charge in [-0.2, -0.15) is 0 Å². The third-order valence-corrected chi connectivity index (χ3v) is 4.28. The lowest BCUT2D eigenvalue weighted by Gasteiger charge is -2.17. The molecule has 1 heteroatoms. The van der Waals surface area contributed by atoms with Crippen LogP contribution in [-0.4, -0.2) is 5.78 Å². The molecule has 0 saturated heterocycles. The van der Waals surface area contributed by atoms with Gasteiger partial charge in [0.15, 0.2) is 0 Å². The predicted octanol–water partition coefficient (Wildman–Crippen LogP) is 3.59. The molecule has 0 spiro atoms. The second kappa shape index (κ2) is 4.11. The van der Waals surface area contributed by atoms with Gasteiger partial charge in [0.25, 0.3) is 0 Å². The summed E-state index contributed by atoms with van der Waals surface area (Å²) in [7, 11) is 0. The van der Waals surface area contributed by atoms with Crippen molar-refractivity contribution in [1.29, 1.82) is 0 Å². The lowest BCUT2D eigenvalue weighted by Crippen LogP contribution is -2.18. The van der Waals surface area contributed by atoms with Crippen LogP contribution in [0.15, 0.2) is 11.6 Å². The Morgan fingerprint density at radius 1 is 1.27 bits per heavy atom. The average Bonchev–Trinajstić information content (AvgIpc) is 2.43. The second-order valence-corrected chi connectivity index (χ2v) is 5.60. The molecule has 0 amide bonds. The van der Waals surface area contributed by atoms with Gasteiger partial charge in [-0.15, -0.1) is 0 Å². The van der Waals surface area contributed by atoms with Crippen molar-refractivity contribution in [2.45, 2.75) is 46.5 Å². The maximum absolute atomic E-state index is 12.0. The summed E-state index contributed by atoms with van der Waals surface area (Å²) in [5, 5.41) is 0. The Bertz CT molecular complexity index is 288. The van der Waals surface area contributed by atoms with Gasteiger partial charge in [0, 0.05) is 12.3 Å². The summed E-state index contributed by atoms with van der Waals surface area (Å²) in [4.78, 5) is 12.0. The van der Waals surface area contributed by atoms with E-state index in [2.05, 4.69) is 26.8 Å². The first-order valence-electron chi connectivity index (χ1n) is 6.33. The van der Waals surface area contributed by atoms with Gasteiger partial charge >= 0.3 is 0 Å². The van der Waals surface area contributed by atoms with Gasteiger partial charge in [0.1, 0.15) is 5.78 Å². The van der Waals surface area contributed by atoms with Gasteiger partial charge in [-0.3, -0.25) is 4.79 Å². The fraction of sp³-hybridized carbons (Fsp3) is 0.786. The van der Waals surface area contributed by atoms with E-state index in [-0.39, 0.29) is 0 Å². The Morgan fingerprint density at radius 2 is 2.00 bits per heavy atom. The number of carbonyl (C=O) groups is 1. The predicted molar refractivity (Wildman–Crippen MR) is 62.5 cm³/mol. The first-order chi connectivity index (χ1) is 7.09. The number of Topliss-reactive ketones (excluding diaryl/α,β-unsaturated/α-hetero) is 1. The fourth-order valence-corrected chi connectivity index (χ4v) is 3.14. The number of hydrogen-bond donors (Lipinski definition) is 0. The lowest BCUT2D eigenvalue weighted by molar-refractivity contribution is -0.123. The van der Waals surface area contributed by atoms with E-state index < -0.39 is 0 Å². The largest absolute Gasteiger partial charge is 0.299 e. The van der Waals surface area contributed by atoms with Crippen LogP contribution >= 0.6 is 0 Å². The van der Waals surface area contributed by atoms with Crippen LogP contribution in [0.1, 0.15) is 46.5 Å². The summed E-state index contributed by atoms with van der Waals surface area (Å²) in [6, 6.07) is 0. The molecule has 2 rings (SSSR count). The molecule has 0 aromatic carbocycles. The molecule has 0 aliphatic heterocycles. The quantitative estimate of drug-likeness (QED) is 0.599. The highest BCUT2D eigenvalue weighted by Crippen LogP contribution is 2.42. The lowest BCUT2D eigenvalue weighted by atomic mass is 9.87. The van der Waals surface area contributed by atoms with Crippen LogP contribution in [0.4, 0.5) is 0 Å². The van der Waals surface area contributed by atoms with Gasteiger partial charge in [0.2, 0.25) is 0 Å². The first kappa shape index (κ1) is 10.9. The van der Waals surface area contributed by atoms with E-state index >= 15 is 0 Å². The standard InChI is InChI=1S/C14H22O/c1-9(2)11-5-7-14(15)12-6-4-10(3)13(12)8-11/h8-10,12-13H,4-7H2,1-3H3/t10-,12-,13-/m0/s1. The van der Waals surface area contributed by atoms with Crippen LogP contribution < -0.4 is 0 Å². The van der Waals surface area contributed by atoms with Gasteiger partial charge in [-0.1, -0.05) is 32.4 Å². The zero-order chi connectivity index (χ0) is 11.0.